The maximum Gasteiger partial charge on any atom is 0.338 e. The van der Waals surface area contributed by atoms with Gasteiger partial charge in [0.25, 0.3) is 5.69 Å². The Kier molecular flexibility index (Phi) is 2.99. The van der Waals surface area contributed by atoms with Crippen molar-refractivity contribution in [3.63, 3.8) is 0 Å². The molecule has 2 rings (SSSR count). The molecule has 0 radical (unpaired) electrons. The van der Waals surface area contributed by atoms with E-state index in [1.165, 1.54) is 29.2 Å². The zero-order valence-electron chi connectivity index (χ0n) is 8.78. The van der Waals surface area contributed by atoms with Gasteiger partial charge in [-0.3, -0.25) is 10.1 Å². The molecule has 18 heavy (non-hydrogen) atoms. The van der Waals surface area contributed by atoms with Crippen LogP contribution in [0.4, 0.5) is 5.69 Å². The highest BCUT2D eigenvalue weighted by atomic mass is 35.5. The molecule has 0 aliphatic rings. The number of rotatable bonds is 3. The molecule has 7 nitrogen and oxygen atoms in total. The normalized spacial score (nSPS) is 10.3. The van der Waals surface area contributed by atoms with Gasteiger partial charge in [0, 0.05) is 18.3 Å². The first-order chi connectivity index (χ1) is 8.49. The summed E-state index contributed by atoms with van der Waals surface area (Å²) in [4.78, 5) is 21.0. The SMILES string of the molecule is O=C(O)c1cc([N+](=O)[O-])ccc1-n1cc(Cl)cn1. The number of nitrogens with zero attached hydrogens (tertiary/aromatic N) is 3. The summed E-state index contributed by atoms with van der Waals surface area (Å²) >= 11 is 5.68. The molecule has 0 aliphatic carbocycles. The predicted octanol–water partition coefficient (Wildman–Crippen LogP) is 2.13. The average molecular weight is 268 g/mol. The molecule has 0 fully saturated rings. The van der Waals surface area contributed by atoms with Gasteiger partial charge in [-0.05, 0) is 6.07 Å². The molecule has 1 aromatic carbocycles. The molecule has 0 atom stereocenters. The van der Waals surface area contributed by atoms with E-state index in [-0.39, 0.29) is 16.9 Å². The van der Waals surface area contributed by atoms with Gasteiger partial charge < -0.3 is 5.11 Å². The molecule has 1 heterocycles. The van der Waals surface area contributed by atoms with Gasteiger partial charge in [0.1, 0.15) is 0 Å². The van der Waals surface area contributed by atoms with Crippen molar-refractivity contribution in [2.75, 3.05) is 0 Å². The Labute approximate surface area is 105 Å². The summed E-state index contributed by atoms with van der Waals surface area (Å²) in [7, 11) is 0. The number of non-ortho nitro benzene ring substituents is 1. The minimum Gasteiger partial charge on any atom is -0.478 e. The summed E-state index contributed by atoms with van der Waals surface area (Å²) in [6.45, 7) is 0. The third-order valence-electron chi connectivity index (χ3n) is 2.22. The second-order valence-corrected chi connectivity index (χ2v) is 3.80. The molecule has 92 valence electrons. The van der Waals surface area contributed by atoms with Crippen molar-refractivity contribution in [1.82, 2.24) is 9.78 Å². The molecule has 1 aromatic heterocycles. The number of halogens is 1. The first-order valence-corrected chi connectivity index (χ1v) is 5.09. The standard InChI is InChI=1S/C10H6ClN3O4/c11-6-4-12-13(5-6)9-2-1-7(14(17)18)3-8(9)10(15)16/h1-5H,(H,15,16). The van der Waals surface area contributed by atoms with Crippen LogP contribution in [-0.4, -0.2) is 25.8 Å². The van der Waals surface area contributed by atoms with Gasteiger partial charge in [-0.25, -0.2) is 9.48 Å². The van der Waals surface area contributed by atoms with E-state index < -0.39 is 10.9 Å². The van der Waals surface area contributed by atoms with Crippen LogP contribution in [-0.2, 0) is 0 Å². The van der Waals surface area contributed by atoms with Gasteiger partial charge >= 0.3 is 5.97 Å². The molecule has 0 bridgehead atoms. The van der Waals surface area contributed by atoms with E-state index in [1.807, 2.05) is 0 Å². The van der Waals surface area contributed by atoms with Crippen molar-refractivity contribution in [2.45, 2.75) is 0 Å². The first-order valence-electron chi connectivity index (χ1n) is 4.71. The van der Waals surface area contributed by atoms with E-state index >= 15 is 0 Å². The van der Waals surface area contributed by atoms with Gasteiger partial charge in [-0.1, -0.05) is 11.6 Å². The van der Waals surface area contributed by atoms with Crippen LogP contribution in [0.1, 0.15) is 10.4 Å². The lowest BCUT2D eigenvalue weighted by Crippen LogP contribution is -2.06. The second-order valence-electron chi connectivity index (χ2n) is 3.37. The Morgan fingerprint density at radius 1 is 1.50 bits per heavy atom. The van der Waals surface area contributed by atoms with Crippen molar-refractivity contribution in [3.05, 3.63) is 51.3 Å². The summed E-state index contributed by atoms with van der Waals surface area (Å²) in [5, 5.41) is 23.8. The smallest absolute Gasteiger partial charge is 0.338 e. The molecule has 0 spiro atoms. The number of nitro benzene ring substituents is 1. The third kappa shape index (κ3) is 2.16. The Morgan fingerprint density at radius 2 is 2.22 bits per heavy atom. The molecule has 2 aromatic rings. The van der Waals surface area contributed by atoms with Crippen LogP contribution in [0, 0.1) is 10.1 Å². The van der Waals surface area contributed by atoms with E-state index in [2.05, 4.69) is 5.10 Å². The summed E-state index contributed by atoms with van der Waals surface area (Å²) in [6, 6.07) is 3.50. The number of aromatic nitrogens is 2. The molecular formula is C10H6ClN3O4. The topological polar surface area (TPSA) is 98.3 Å². The number of aromatic carboxylic acids is 1. The van der Waals surface area contributed by atoms with Gasteiger partial charge in [0.2, 0.25) is 0 Å². The van der Waals surface area contributed by atoms with Crippen LogP contribution in [0.3, 0.4) is 0 Å². The lowest BCUT2D eigenvalue weighted by Gasteiger charge is -2.05. The van der Waals surface area contributed by atoms with Gasteiger partial charge in [-0.15, -0.1) is 0 Å². The lowest BCUT2D eigenvalue weighted by atomic mass is 10.1. The van der Waals surface area contributed by atoms with E-state index in [4.69, 9.17) is 16.7 Å². The Balaban J connectivity index is 2.60. The maximum atomic E-state index is 11.1. The molecule has 0 saturated carbocycles. The molecule has 0 unspecified atom stereocenters. The Hall–Kier alpha value is -2.41. The van der Waals surface area contributed by atoms with Crippen molar-refractivity contribution in [2.24, 2.45) is 0 Å². The Bertz CT molecular complexity index is 638. The van der Waals surface area contributed by atoms with Crippen LogP contribution in [0.25, 0.3) is 5.69 Å². The molecule has 0 saturated heterocycles. The number of hydrogen-bond donors (Lipinski definition) is 1. The fourth-order valence-electron chi connectivity index (χ4n) is 1.44. The maximum absolute atomic E-state index is 11.1. The molecular weight excluding hydrogens is 262 g/mol. The van der Waals surface area contributed by atoms with Crippen molar-refractivity contribution < 1.29 is 14.8 Å². The van der Waals surface area contributed by atoms with Crippen LogP contribution < -0.4 is 0 Å². The van der Waals surface area contributed by atoms with Gasteiger partial charge in [0.05, 0.1) is 27.4 Å². The van der Waals surface area contributed by atoms with E-state index in [1.54, 1.807) is 0 Å². The highest BCUT2D eigenvalue weighted by molar-refractivity contribution is 6.30. The first kappa shape index (κ1) is 12.1. The summed E-state index contributed by atoms with van der Waals surface area (Å²) in [6.07, 6.45) is 2.75. The second kappa shape index (κ2) is 4.46. The third-order valence-corrected chi connectivity index (χ3v) is 2.41. The van der Waals surface area contributed by atoms with E-state index in [9.17, 15) is 14.9 Å². The quantitative estimate of drug-likeness (QED) is 0.678. The van der Waals surface area contributed by atoms with Crippen molar-refractivity contribution in [1.29, 1.82) is 0 Å². The molecule has 8 heteroatoms. The number of carboxylic acids is 1. The largest absolute Gasteiger partial charge is 0.478 e. The minimum atomic E-state index is -1.28. The molecule has 0 aliphatic heterocycles. The van der Waals surface area contributed by atoms with Crippen molar-refractivity contribution >= 4 is 23.3 Å². The van der Waals surface area contributed by atoms with E-state index in [0.717, 1.165) is 6.07 Å². The van der Waals surface area contributed by atoms with Crippen molar-refractivity contribution in [3.8, 4) is 5.69 Å². The summed E-state index contributed by atoms with van der Waals surface area (Å²) < 4.78 is 1.25. The van der Waals surface area contributed by atoms with Gasteiger partial charge in [0.15, 0.2) is 0 Å². The number of nitro groups is 1. The zero-order valence-corrected chi connectivity index (χ0v) is 9.53. The van der Waals surface area contributed by atoms with Crippen LogP contribution >= 0.6 is 11.6 Å². The highest BCUT2D eigenvalue weighted by Crippen LogP contribution is 2.22. The monoisotopic (exact) mass is 267 g/mol. The van der Waals surface area contributed by atoms with Gasteiger partial charge in [-0.2, -0.15) is 5.10 Å². The van der Waals surface area contributed by atoms with E-state index in [0.29, 0.717) is 5.02 Å². The van der Waals surface area contributed by atoms with Crippen LogP contribution in [0.5, 0.6) is 0 Å². The minimum absolute atomic E-state index is 0.208. The zero-order chi connectivity index (χ0) is 13.3. The predicted molar refractivity (Wildman–Crippen MR) is 62.2 cm³/mol. The summed E-state index contributed by atoms with van der Waals surface area (Å²) in [5.41, 5.74) is -0.307. The number of hydrogen-bond acceptors (Lipinski definition) is 4. The average Bonchev–Trinajstić information content (AvgIpc) is 2.74. The molecule has 0 amide bonds. The van der Waals surface area contributed by atoms with Crippen LogP contribution in [0.2, 0.25) is 5.02 Å². The number of benzene rings is 1. The number of carbonyl (C=O) groups is 1. The Morgan fingerprint density at radius 3 is 2.72 bits per heavy atom. The number of carboxylic acid groups (broad SMARTS) is 1. The highest BCUT2D eigenvalue weighted by Gasteiger charge is 2.17. The molecule has 1 N–H and O–H groups in total. The lowest BCUT2D eigenvalue weighted by molar-refractivity contribution is -0.384. The fraction of sp³-hybridized carbons (Fsp3) is 0. The van der Waals surface area contributed by atoms with Crippen LogP contribution in [0.15, 0.2) is 30.6 Å². The summed E-state index contributed by atoms with van der Waals surface area (Å²) in [5.74, 6) is -1.28. The fourth-order valence-corrected chi connectivity index (χ4v) is 1.58.